The molecule has 1 saturated heterocycles. The zero-order valence-corrected chi connectivity index (χ0v) is 14.5. The van der Waals surface area contributed by atoms with E-state index in [4.69, 9.17) is 0 Å². The molecule has 3 aromatic rings. The quantitative estimate of drug-likeness (QED) is 0.773. The van der Waals surface area contributed by atoms with Gasteiger partial charge in [0.15, 0.2) is 0 Å². The van der Waals surface area contributed by atoms with Crippen LogP contribution in [0.2, 0.25) is 0 Å². The third-order valence-corrected chi connectivity index (χ3v) is 5.83. The van der Waals surface area contributed by atoms with Crippen LogP contribution >= 0.6 is 0 Å². The number of piperidine rings is 1. The molecule has 1 saturated carbocycles. The Balaban J connectivity index is 1.58. The molecular formula is C20H22N4O. The number of benzene rings is 1. The van der Waals surface area contributed by atoms with Crippen molar-refractivity contribution in [3.8, 4) is 0 Å². The van der Waals surface area contributed by atoms with Crippen molar-refractivity contribution in [2.45, 2.75) is 19.4 Å². The molecule has 3 heterocycles. The molecule has 3 atom stereocenters. The van der Waals surface area contributed by atoms with Crippen LogP contribution in [-0.2, 0) is 10.3 Å². The summed E-state index contributed by atoms with van der Waals surface area (Å²) in [5, 5.41) is 8.97. The lowest BCUT2D eigenvalue weighted by Crippen LogP contribution is -2.44. The lowest BCUT2D eigenvalue weighted by atomic mass is 9.93. The van der Waals surface area contributed by atoms with Gasteiger partial charge in [-0.25, -0.2) is 4.98 Å². The van der Waals surface area contributed by atoms with Crippen molar-refractivity contribution in [2.24, 2.45) is 17.8 Å². The van der Waals surface area contributed by atoms with E-state index in [-0.39, 0.29) is 11.8 Å². The maximum atomic E-state index is 12.9. The van der Waals surface area contributed by atoms with Crippen LogP contribution in [0.5, 0.6) is 0 Å². The summed E-state index contributed by atoms with van der Waals surface area (Å²) in [6, 6.07) is 10.4. The summed E-state index contributed by atoms with van der Waals surface area (Å²) in [5.41, 5.74) is 1.50. The Kier molecular flexibility index (Phi) is 3.01. The molecule has 5 rings (SSSR count). The Morgan fingerprint density at radius 3 is 2.84 bits per heavy atom. The lowest BCUT2D eigenvalue weighted by molar-refractivity contribution is -0.124. The van der Waals surface area contributed by atoms with Crippen molar-refractivity contribution in [2.75, 3.05) is 13.1 Å². The molecule has 2 aliphatic rings. The summed E-state index contributed by atoms with van der Waals surface area (Å²) in [7, 11) is 0. The van der Waals surface area contributed by atoms with Crippen LogP contribution in [0.25, 0.3) is 16.4 Å². The molecule has 5 nitrogen and oxygen atoms in total. The molecular weight excluding hydrogens is 312 g/mol. The molecule has 0 radical (unpaired) electrons. The van der Waals surface area contributed by atoms with Crippen LogP contribution in [0, 0.1) is 17.8 Å². The van der Waals surface area contributed by atoms with Crippen LogP contribution in [0.3, 0.4) is 0 Å². The minimum atomic E-state index is -0.485. The van der Waals surface area contributed by atoms with Gasteiger partial charge in [-0.3, -0.25) is 4.79 Å². The normalized spacial score (nSPS) is 25.3. The number of carbonyl (C=O) groups excluding carboxylic acids is 1. The number of hydrogen-bond acceptors (Lipinski definition) is 3. The molecule has 128 valence electrons. The van der Waals surface area contributed by atoms with Crippen molar-refractivity contribution >= 4 is 22.3 Å². The minimum absolute atomic E-state index is 0.175. The van der Waals surface area contributed by atoms with Gasteiger partial charge < -0.3 is 15.0 Å². The number of imidazole rings is 1. The monoisotopic (exact) mass is 334 g/mol. The van der Waals surface area contributed by atoms with E-state index >= 15 is 0 Å². The molecule has 0 bridgehead atoms. The second-order valence-electron chi connectivity index (χ2n) is 7.86. The number of hydrogen-bond donors (Lipinski definition) is 2. The molecule has 1 aromatic carbocycles. The first kappa shape index (κ1) is 14.9. The van der Waals surface area contributed by atoms with E-state index in [2.05, 4.69) is 52.1 Å². The molecule has 1 aliphatic heterocycles. The van der Waals surface area contributed by atoms with Crippen molar-refractivity contribution < 1.29 is 4.79 Å². The second kappa shape index (κ2) is 5.05. The van der Waals surface area contributed by atoms with E-state index < -0.39 is 5.54 Å². The number of fused-ring (bicyclic) bond motifs is 3. The van der Waals surface area contributed by atoms with Gasteiger partial charge in [0.2, 0.25) is 5.91 Å². The van der Waals surface area contributed by atoms with Gasteiger partial charge in [0.05, 0.1) is 11.2 Å². The fraction of sp³-hybridized carbons (Fsp3) is 0.400. The van der Waals surface area contributed by atoms with Gasteiger partial charge in [-0.15, -0.1) is 0 Å². The van der Waals surface area contributed by atoms with E-state index in [9.17, 15) is 4.79 Å². The van der Waals surface area contributed by atoms with E-state index in [0.717, 1.165) is 35.2 Å². The number of nitrogens with zero attached hydrogens (tertiary/aromatic N) is 2. The molecule has 2 aromatic heterocycles. The summed E-state index contributed by atoms with van der Waals surface area (Å²) in [6.07, 6.45) is 3.79. The van der Waals surface area contributed by atoms with Crippen molar-refractivity contribution in [1.29, 1.82) is 0 Å². The van der Waals surface area contributed by atoms with Crippen LogP contribution in [0.4, 0.5) is 0 Å². The highest BCUT2D eigenvalue weighted by Crippen LogP contribution is 2.49. The summed E-state index contributed by atoms with van der Waals surface area (Å²) in [4.78, 5) is 17.3. The molecule has 2 fully saturated rings. The maximum absolute atomic E-state index is 12.9. The minimum Gasteiger partial charge on any atom is -0.345 e. The third kappa shape index (κ3) is 2.19. The van der Waals surface area contributed by atoms with Crippen molar-refractivity contribution in [3.63, 3.8) is 0 Å². The average molecular weight is 334 g/mol. The SMILES string of the molecule is CC(C)(NC(=O)C1[C@H]2CNC[C@@H]12)c1c2ccccc2cc2nccn12. The highest BCUT2D eigenvalue weighted by molar-refractivity contribution is 5.90. The highest BCUT2D eigenvalue weighted by atomic mass is 16.2. The largest absolute Gasteiger partial charge is 0.345 e. The standard InChI is InChI=1S/C20H22N4O/c1-20(2,23-19(25)17-14-10-21-11-15(14)17)18-13-6-4-3-5-12(13)9-16-22-7-8-24(16)18/h3-9,14-15,17,21H,10-11H2,1-2H3,(H,23,25)/t14-,15+,17?. The van der Waals surface area contributed by atoms with Gasteiger partial charge in [0.25, 0.3) is 0 Å². The summed E-state index contributed by atoms with van der Waals surface area (Å²) >= 11 is 0. The number of carbonyl (C=O) groups is 1. The molecule has 1 amide bonds. The fourth-order valence-electron chi connectivity index (χ4n) is 4.61. The Hall–Kier alpha value is -2.40. The van der Waals surface area contributed by atoms with Crippen LogP contribution in [0.15, 0.2) is 42.7 Å². The van der Waals surface area contributed by atoms with Crippen molar-refractivity contribution in [3.05, 3.63) is 48.4 Å². The molecule has 5 heteroatoms. The van der Waals surface area contributed by atoms with Gasteiger partial charge in [0, 0.05) is 23.7 Å². The van der Waals surface area contributed by atoms with Gasteiger partial charge in [-0.05, 0) is 50.2 Å². The average Bonchev–Trinajstić information content (AvgIpc) is 2.92. The maximum Gasteiger partial charge on any atom is 0.224 e. The van der Waals surface area contributed by atoms with Crippen LogP contribution in [0.1, 0.15) is 19.5 Å². The molecule has 1 unspecified atom stereocenters. The number of amides is 1. The first-order chi connectivity index (χ1) is 12.1. The molecule has 2 N–H and O–H groups in total. The van der Waals surface area contributed by atoms with E-state index in [0.29, 0.717) is 11.8 Å². The van der Waals surface area contributed by atoms with Crippen molar-refractivity contribution in [1.82, 2.24) is 20.0 Å². The zero-order valence-electron chi connectivity index (χ0n) is 14.5. The van der Waals surface area contributed by atoms with Gasteiger partial charge >= 0.3 is 0 Å². The Morgan fingerprint density at radius 2 is 2.04 bits per heavy atom. The summed E-state index contributed by atoms with van der Waals surface area (Å²) in [6.45, 7) is 6.12. The summed E-state index contributed by atoms with van der Waals surface area (Å²) < 4.78 is 2.10. The Labute approximate surface area is 146 Å². The predicted octanol–water partition coefficient (Wildman–Crippen LogP) is 2.30. The molecule has 1 aliphatic carbocycles. The smallest absolute Gasteiger partial charge is 0.224 e. The first-order valence-corrected chi connectivity index (χ1v) is 8.94. The van der Waals surface area contributed by atoms with Crippen LogP contribution in [-0.4, -0.2) is 28.4 Å². The Morgan fingerprint density at radius 1 is 1.28 bits per heavy atom. The molecule has 0 spiro atoms. The fourth-order valence-corrected chi connectivity index (χ4v) is 4.61. The van der Waals surface area contributed by atoms with Gasteiger partial charge in [-0.2, -0.15) is 0 Å². The van der Waals surface area contributed by atoms with E-state index in [1.165, 1.54) is 0 Å². The van der Waals surface area contributed by atoms with Gasteiger partial charge in [-0.1, -0.05) is 24.3 Å². The Bertz CT molecular complexity index is 980. The van der Waals surface area contributed by atoms with E-state index in [1.54, 1.807) is 0 Å². The molecule has 25 heavy (non-hydrogen) atoms. The zero-order chi connectivity index (χ0) is 17.2. The topological polar surface area (TPSA) is 58.4 Å². The van der Waals surface area contributed by atoms with Crippen LogP contribution < -0.4 is 10.6 Å². The number of nitrogens with one attached hydrogen (secondary N) is 2. The lowest BCUT2D eigenvalue weighted by Gasteiger charge is -2.29. The number of rotatable bonds is 3. The number of pyridine rings is 1. The van der Waals surface area contributed by atoms with Gasteiger partial charge in [0.1, 0.15) is 5.65 Å². The second-order valence-corrected chi connectivity index (χ2v) is 7.86. The summed E-state index contributed by atoms with van der Waals surface area (Å²) in [5.74, 6) is 1.41. The highest BCUT2D eigenvalue weighted by Gasteiger charge is 2.57. The van der Waals surface area contributed by atoms with E-state index in [1.807, 2.05) is 24.5 Å². The third-order valence-electron chi connectivity index (χ3n) is 5.83. The first-order valence-electron chi connectivity index (χ1n) is 8.94. The number of aromatic nitrogens is 2. The predicted molar refractivity (Wildman–Crippen MR) is 97.2 cm³/mol.